The summed E-state index contributed by atoms with van der Waals surface area (Å²) in [5, 5.41) is 11.2. The van der Waals surface area contributed by atoms with Gasteiger partial charge in [-0.05, 0) is 37.1 Å². The van der Waals surface area contributed by atoms with Gasteiger partial charge in [0.1, 0.15) is 17.6 Å². The van der Waals surface area contributed by atoms with Crippen LogP contribution in [0.2, 0.25) is 0 Å². The number of aromatic nitrogens is 4. The molecule has 1 aliphatic rings. The largest absolute Gasteiger partial charge is 0.423 e. The molecule has 1 aliphatic heterocycles. The quantitative estimate of drug-likeness (QED) is 0.575. The second-order valence-electron chi connectivity index (χ2n) is 6.99. The monoisotopic (exact) mass is 376 g/mol. The zero-order valence-corrected chi connectivity index (χ0v) is 15.3. The number of nitrogens with zero attached hydrogens (tertiary/aromatic N) is 5. The van der Waals surface area contributed by atoms with E-state index in [1.807, 2.05) is 48.5 Å². The van der Waals surface area contributed by atoms with Crippen molar-refractivity contribution < 1.29 is 9.21 Å². The molecule has 0 bridgehead atoms. The molecule has 1 amide bonds. The van der Waals surface area contributed by atoms with Crippen molar-refractivity contribution in [3.8, 4) is 0 Å². The molecular weight excluding hydrogens is 356 g/mol. The van der Waals surface area contributed by atoms with E-state index >= 15 is 0 Å². The second kappa shape index (κ2) is 6.95. The van der Waals surface area contributed by atoms with E-state index in [4.69, 9.17) is 4.42 Å². The molecule has 0 radical (unpaired) electrons. The highest BCUT2D eigenvalue weighted by Gasteiger charge is 2.28. The maximum atomic E-state index is 12.4. The van der Waals surface area contributed by atoms with Gasteiger partial charge in [0.15, 0.2) is 5.58 Å². The van der Waals surface area contributed by atoms with Crippen LogP contribution in [-0.2, 0) is 11.3 Å². The molecular formula is C20H20N6O2. The van der Waals surface area contributed by atoms with Gasteiger partial charge in [0.05, 0.1) is 11.6 Å². The van der Waals surface area contributed by atoms with Crippen molar-refractivity contribution in [1.82, 2.24) is 25.3 Å². The van der Waals surface area contributed by atoms with E-state index in [0.717, 1.165) is 41.5 Å². The molecule has 142 valence electrons. The number of rotatable bonds is 5. The fourth-order valence-corrected chi connectivity index (χ4v) is 3.74. The third kappa shape index (κ3) is 3.06. The molecule has 0 unspecified atom stereocenters. The standard InChI is InChI=1S/C20H20N6O2/c27-19(13-26-17-9-3-1-7-15(17)23-24-26)21-12-14-6-5-11-25(14)20-22-16-8-2-4-10-18(16)28-20/h1-4,7-10,14H,5-6,11-13H2,(H,21,27)/t14-/m0/s1. The van der Waals surface area contributed by atoms with Gasteiger partial charge in [-0.2, -0.15) is 4.98 Å². The van der Waals surface area contributed by atoms with Gasteiger partial charge in [0.25, 0.3) is 6.01 Å². The Kier molecular flexibility index (Phi) is 4.16. The van der Waals surface area contributed by atoms with Gasteiger partial charge in [-0.25, -0.2) is 4.68 Å². The van der Waals surface area contributed by atoms with Crippen molar-refractivity contribution in [2.75, 3.05) is 18.0 Å². The molecule has 1 fully saturated rings. The van der Waals surface area contributed by atoms with Gasteiger partial charge < -0.3 is 14.6 Å². The van der Waals surface area contributed by atoms with Crippen LogP contribution in [0.3, 0.4) is 0 Å². The van der Waals surface area contributed by atoms with Gasteiger partial charge >= 0.3 is 0 Å². The van der Waals surface area contributed by atoms with Crippen LogP contribution >= 0.6 is 0 Å². The fraction of sp³-hybridized carbons (Fsp3) is 0.300. The number of carbonyl (C=O) groups is 1. The third-order valence-electron chi connectivity index (χ3n) is 5.15. The minimum atomic E-state index is -0.0833. The minimum absolute atomic E-state index is 0.0833. The average Bonchev–Trinajstić information content (AvgIpc) is 3.44. The van der Waals surface area contributed by atoms with E-state index in [1.54, 1.807) is 4.68 Å². The minimum Gasteiger partial charge on any atom is -0.423 e. The second-order valence-corrected chi connectivity index (χ2v) is 6.99. The molecule has 4 aromatic rings. The summed E-state index contributed by atoms with van der Waals surface area (Å²) in [5.74, 6) is -0.0833. The Balaban J connectivity index is 1.24. The first-order chi connectivity index (χ1) is 13.8. The molecule has 1 saturated heterocycles. The lowest BCUT2D eigenvalue weighted by atomic mass is 10.2. The average molecular weight is 376 g/mol. The summed E-state index contributed by atoms with van der Waals surface area (Å²) in [5.41, 5.74) is 3.27. The van der Waals surface area contributed by atoms with Gasteiger partial charge in [0, 0.05) is 13.1 Å². The third-order valence-corrected chi connectivity index (χ3v) is 5.15. The topological polar surface area (TPSA) is 89.1 Å². The summed E-state index contributed by atoms with van der Waals surface area (Å²) in [7, 11) is 0. The number of oxazole rings is 1. The SMILES string of the molecule is O=C(Cn1nnc2ccccc21)NC[C@@H]1CCCN1c1nc2ccccc2o1. The van der Waals surface area contributed by atoms with E-state index < -0.39 is 0 Å². The number of benzene rings is 2. The highest BCUT2D eigenvalue weighted by Crippen LogP contribution is 2.28. The Morgan fingerprint density at radius 3 is 2.86 bits per heavy atom. The van der Waals surface area contributed by atoms with E-state index in [-0.39, 0.29) is 18.5 Å². The van der Waals surface area contributed by atoms with Crippen molar-refractivity contribution in [2.24, 2.45) is 0 Å². The molecule has 8 nitrogen and oxygen atoms in total. The number of amides is 1. The fourth-order valence-electron chi connectivity index (χ4n) is 3.74. The van der Waals surface area contributed by atoms with Crippen LogP contribution in [0.1, 0.15) is 12.8 Å². The summed E-state index contributed by atoms with van der Waals surface area (Å²) < 4.78 is 7.53. The molecule has 0 spiro atoms. The molecule has 3 heterocycles. The predicted molar refractivity (Wildman–Crippen MR) is 105 cm³/mol. The first-order valence-corrected chi connectivity index (χ1v) is 9.45. The van der Waals surface area contributed by atoms with E-state index in [9.17, 15) is 4.79 Å². The van der Waals surface area contributed by atoms with Crippen LogP contribution in [0, 0.1) is 0 Å². The van der Waals surface area contributed by atoms with E-state index in [1.165, 1.54) is 0 Å². The highest BCUT2D eigenvalue weighted by molar-refractivity contribution is 5.79. The Morgan fingerprint density at radius 2 is 1.96 bits per heavy atom. The van der Waals surface area contributed by atoms with Crippen LogP contribution in [0.4, 0.5) is 6.01 Å². The number of para-hydroxylation sites is 3. The van der Waals surface area contributed by atoms with Crippen molar-refractivity contribution in [2.45, 2.75) is 25.4 Å². The highest BCUT2D eigenvalue weighted by atomic mass is 16.4. The zero-order chi connectivity index (χ0) is 18.9. The number of fused-ring (bicyclic) bond motifs is 2. The summed E-state index contributed by atoms with van der Waals surface area (Å²) in [6, 6.07) is 16.2. The molecule has 1 N–H and O–H groups in total. The summed E-state index contributed by atoms with van der Waals surface area (Å²) >= 11 is 0. The molecule has 1 atom stereocenters. The Morgan fingerprint density at radius 1 is 1.14 bits per heavy atom. The zero-order valence-electron chi connectivity index (χ0n) is 15.3. The Bertz CT molecular complexity index is 1100. The van der Waals surface area contributed by atoms with Gasteiger partial charge in [-0.1, -0.05) is 29.5 Å². The van der Waals surface area contributed by atoms with Crippen LogP contribution in [0.25, 0.3) is 22.1 Å². The van der Waals surface area contributed by atoms with Gasteiger partial charge in [-0.3, -0.25) is 4.79 Å². The molecule has 8 heteroatoms. The summed E-state index contributed by atoms with van der Waals surface area (Å²) in [6.07, 6.45) is 2.04. The van der Waals surface area contributed by atoms with Crippen LogP contribution in [0.5, 0.6) is 0 Å². The Labute approximate surface area is 161 Å². The van der Waals surface area contributed by atoms with Crippen molar-refractivity contribution in [1.29, 1.82) is 0 Å². The van der Waals surface area contributed by atoms with Crippen LogP contribution < -0.4 is 10.2 Å². The molecule has 0 saturated carbocycles. The first-order valence-electron chi connectivity index (χ1n) is 9.45. The first kappa shape index (κ1) is 16.7. The van der Waals surface area contributed by atoms with E-state index in [2.05, 4.69) is 25.5 Å². The van der Waals surface area contributed by atoms with Gasteiger partial charge in [-0.15, -0.1) is 5.10 Å². The molecule has 5 rings (SSSR count). The van der Waals surface area contributed by atoms with Gasteiger partial charge in [0.2, 0.25) is 5.91 Å². The lowest BCUT2D eigenvalue weighted by molar-refractivity contribution is -0.121. The lowest BCUT2D eigenvalue weighted by Gasteiger charge is -2.23. The number of hydrogen-bond donors (Lipinski definition) is 1. The predicted octanol–water partition coefficient (Wildman–Crippen LogP) is 2.36. The molecule has 2 aromatic heterocycles. The van der Waals surface area contributed by atoms with Crippen LogP contribution in [-0.4, -0.2) is 45.0 Å². The summed E-state index contributed by atoms with van der Waals surface area (Å²) in [4.78, 5) is 19.2. The number of nitrogens with one attached hydrogen (secondary N) is 1. The maximum Gasteiger partial charge on any atom is 0.298 e. The maximum absolute atomic E-state index is 12.4. The lowest BCUT2D eigenvalue weighted by Crippen LogP contribution is -2.41. The number of anilines is 1. The molecule has 28 heavy (non-hydrogen) atoms. The van der Waals surface area contributed by atoms with E-state index in [0.29, 0.717) is 12.6 Å². The number of hydrogen-bond acceptors (Lipinski definition) is 6. The van der Waals surface area contributed by atoms with Crippen LogP contribution in [0.15, 0.2) is 52.9 Å². The normalized spacial score (nSPS) is 16.9. The smallest absolute Gasteiger partial charge is 0.298 e. The molecule has 2 aromatic carbocycles. The van der Waals surface area contributed by atoms with Crippen molar-refractivity contribution >= 4 is 34.1 Å². The van der Waals surface area contributed by atoms with Crippen molar-refractivity contribution in [3.63, 3.8) is 0 Å². The Hall–Kier alpha value is -3.42. The van der Waals surface area contributed by atoms with Crippen molar-refractivity contribution in [3.05, 3.63) is 48.5 Å². The molecule has 0 aliphatic carbocycles. The summed E-state index contributed by atoms with van der Waals surface area (Å²) in [6.45, 7) is 1.57. The number of carbonyl (C=O) groups excluding carboxylic acids is 1.